The predicted molar refractivity (Wildman–Crippen MR) is 149 cm³/mol. The van der Waals surface area contributed by atoms with Crippen molar-refractivity contribution >= 4 is 23.6 Å². The van der Waals surface area contributed by atoms with Crippen molar-refractivity contribution in [1.29, 1.82) is 0 Å². The van der Waals surface area contributed by atoms with Crippen molar-refractivity contribution in [3.8, 4) is 5.75 Å². The van der Waals surface area contributed by atoms with Crippen molar-refractivity contribution in [3.05, 3.63) is 29.8 Å². The smallest absolute Gasteiger partial charge is 0.255 e. The van der Waals surface area contributed by atoms with Crippen molar-refractivity contribution < 1.29 is 23.9 Å². The van der Waals surface area contributed by atoms with Gasteiger partial charge in [0.15, 0.2) is 0 Å². The molecule has 0 unspecified atom stereocenters. The second-order valence-corrected chi connectivity index (χ2v) is 10.9. The number of amides is 4. The lowest BCUT2D eigenvalue weighted by atomic mass is 10.0. The minimum atomic E-state index is -0.903. The van der Waals surface area contributed by atoms with Crippen LogP contribution < -0.4 is 26.0 Å². The largest absolute Gasteiger partial charge is 0.493 e. The number of likely N-dealkylation sites (tertiary alicyclic amines) is 1. The molecule has 0 bridgehead atoms. The number of hydrogen-bond donors (Lipinski definition) is 4. The van der Waals surface area contributed by atoms with E-state index in [2.05, 4.69) is 26.2 Å². The highest BCUT2D eigenvalue weighted by atomic mass is 16.5. The maximum absolute atomic E-state index is 13.2. The quantitative estimate of drug-likeness (QED) is 0.371. The molecule has 39 heavy (non-hydrogen) atoms. The molecule has 1 fully saturated rings. The highest BCUT2D eigenvalue weighted by Gasteiger charge is 2.26. The van der Waals surface area contributed by atoms with Crippen LogP contribution in [0.5, 0.6) is 5.75 Å². The molecule has 2 heterocycles. The highest BCUT2D eigenvalue weighted by molar-refractivity contribution is 5.99. The summed E-state index contributed by atoms with van der Waals surface area (Å²) in [4.78, 5) is 54.4. The molecule has 1 aromatic rings. The van der Waals surface area contributed by atoms with E-state index in [0.717, 1.165) is 32.5 Å². The van der Waals surface area contributed by atoms with Crippen LogP contribution in [0.2, 0.25) is 0 Å². The van der Waals surface area contributed by atoms with Crippen LogP contribution in [0.4, 0.5) is 0 Å². The number of nitrogens with zero attached hydrogens (tertiary/aromatic N) is 1. The van der Waals surface area contributed by atoms with Crippen molar-refractivity contribution in [3.63, 3.8) is 0 Å². The average molecular weight is 544 g/mol. The molecule has 0 aliphatic carbocycles. The first-order valence-electron chi connectivity index (χ1n) is 14.4. The third-order valence-corrected chi connectivity index (χ3v) is 7.05. The summed E-state index contributed by atoms with van der Waals surface area (Å²) in [6.07, 6.45) is 5.47. The van der Waals surface area contributed by atoms with Gasteiger partial charge in [-0.1, -0.05) is 26.0 Å². The molecule has 3 rings (SSSR count). The lowest BCUT2D eigenvalue weighted by Crippen LogP contribution is -2.49. The molecule has 2 aliphatic rings. The van der Waals surface area contributed by atoms with Crippen molar-refractivity contribution in [2.45, 2.75) is 77.3 Å². The highest BCUT2D eigenvalue weighted by Crippen LogP contribution is 2.19. The Hall–Kier alpha value is -3.14. The van der Waals surface area contributed by atoms with Crippen LogP contribution in [0.15, 0.2) is 24.3 Å². The fourth-order valence-electron chi connectivity index (χ4n) is 4.92. The molecule has 216 valence electrons. The van der Waals surface area contributed by atoms with Crippen molar-refractivity contribution in [1.82, 2.24) is 26.2 Å². The number of rotatable bonds is 8. The summed E-state index contributed by atoms with van der Waals surface area (Å²) >= 11 is 0. The molecule has 10 nitrogen and oxygen atoms in total. The van der Waals surface area contributed by atoms with E-state index in [-0.39, 0.29) is 36.5 Å². The molecule has 10 heteroatoms. The number of benzene rings is 1. The fraction of sp³-hybridized carbons (Fsp3) is 0.655. The Morgan fingerprint density at radius 2 is 1.85 bits per heavy atom. The third-order valence-electron chi connectivity index (χ3n) is 7.05. The summed E-state index contributed by atoms with van der Waals surface area (Å²) in [5.41, 5.74) is 0.318. The van der Waals surface area contributed by atoms with E-state index in [4.69, 9.17) is 4.74 Å². The lowest BCUT2D eigenvalue weighted by molar-refractivity contribution is -0.129. The summed E-state index contributed by atoms with van der Waals surface area (Å²) in [5.74, 6) is -0.711. The molecular weight excluding hydrogens is 498 g/mol. The molecule has 4 amide bonds. The standard InChI is InChI=1S/C29H45N5O5/c1-21(2)20-24-29(38)31-15-9-19-39-25-11-4-3-10-22(25)27(36)33-23(12-13-26(35)32-24)28(37)30-14-5-6-16-34-17-7-8-18-34/h3-4,10-11,21,23-24H,5-9,12-20H2,1-2H3,(H,30,37)(H,31,38)(H,32,35)(H,33,36)/t23-,24-/m0/s1. The van der Waals surface area contributed by atoms with Gasteiger partial charge in [-0.25, -0.2) is 0 Å². The molecular formula is C29H45N5O5. The Morgan fingerprint density at radius 3 is 2.62 bits per heavy atom. The van der Waals surface area contributed by atoms with Gasteiger partial charge in [0, 0.05) is 19.5 Å². The van der Waals surface area contributed by atoms with Gasteiger partial charge in [0.2, 0.25) is 17.7 Å². The van der Waals surface area contributed by atoms with Crippen LogP contribution >= 0.6 is 0 Å². The number of carbonyl (C=O) groups excluding carboxylic acids is 4. The summed E-state index contributed by atoms with van der Waals surface area (Å²) in [7, 11) is 0. The van der Waals surface area contributed by atoms with E-state index in [1.54, 1.807) is 24.3 Å². The molecule has 4 N–H and O–H groups in total. The molecule has 2 atom stereocenters. The minimum absolute atomic E-state index is 0.00660. The van der Waals surface area contributed by atoms with E-state index in [0.29, 0.717) is 43.9 Å². The zero-order chi connectivity index (χ0) is 28.0. The Morgan fingerprint density at radius 1 is 1.08 bits per heavy atom. The summed E-state index contributed by atoms with van der Waals surface area (Å²) in [6.45, 7) is 8.49. The third kappa shape index (κ3) is 10.5. The van der Waals surface area contributed by atoms with Crippen LogP contribution in [-0.4, -0.2) is 79.9 Å². The molecule has 2 aliphatic heterocycles. The van der Waals surface area contributed by atoms with Crippen LogP contribution in [0.1, 0.15) is 75.6 Å². The van der Waals surface area contributed by atoms with Gasteiger partial charge in [-0.2, -0.15) is 0 Å². The topological polar surface area (TPSA) is 129 Å². The molecule has 0 aromatic heterocycles. The number of carbonyl (C=O) groups is 4. The monoisotopic (exact) mass is 543 g/mol. The zero-order valence-corrected chi connectivity index (χ0v) is 23.4. The second-order valence-electron chi connectivity index (χ2n) is 10.9. The molecule has 1 saturated heterocycles. The van der Waals surface area contributed by atoms with E-state index in [1.165, 1.54) is 12.8 Å². The zero-order valence-electron chi connectivity index (χ0n) is 23.4. The summed E-state index contributed by atoms with van der Waals surface area (Å²) < 4.78 is 5.85. The van der Waals surface area contributed by atoms with Crippen LogP contribution in [-0.2, 0) is 14.4 Å². The number of ether oxygens (including phenoxy) is 1. The minimum Gasteiger partial charge on any atom is -0.493 e. The number of hydrogen-bond acceptors (Lipinski definition) is 6. The van der Waals surface area contributed by atoms with Gasteiger partial charge < -0.3 is 30.9 Å². The molecule has 0 saturated carbocycles. The Labute approximate surface area is 232 Å². The molecule has 0 radical (unpaired) electrons. The van der Waals surface area contributed by atoms with Crippen LogP contribution in [0, 0.1) is 5.92 Å². The predicted octanol–water partition coefficient (Wildman–Crippen LogP) is 1.99. The second kappa shape index (κ2) is 16.1. The van der Waals surface area contributed by atoms with Gasteiger partial charge >= 0.3 is 0 Å². The van der Waals surface area contributed by atoms with Crippen molar-refractivity contribution in [2.75, 3.05) is 39.3 Å². The van der Waals surface area contributed by atoms with Crippen LogP contribution in [0.3, 0.4) is 0 Å². The molecule has 1 aromatic carbocycles. The normalized spacial score (nSPS) is 21.9. The Bertz CT molecular complexity index is 963. The summed E-state index contributed by atoms with van der Waals surface area (Å²) in [6, 6.07) is 5.30. The van der Waals surface area contributed by atoms with E-state index >= 15 is 0 Å². The Balaban J connectivity index is 1.67. The SMILES string of the molecule is CC(C)C[C@@H]1NC(=O)CC[C@@H](C(=O)NCCCCN2CCCC2)NC(=O)c2ccccc2OCCCNC1=O. The van der Waals surface area contributed by atoms with Gasteiger partial charge in [0.1, 0.15) is 17.8 Å². The van der Waals surface area contributed by atoms with E-state index in [9.17, 15) is 19.2 Å². The van der Waals surface area contributed by atoms with Gasteiger partial charge in [-0.15, -0.1) is 0 Å². The first-order chi connectivity index (χ1) is 18.8. The lowest BCUT2D eigenvalue weighted by Gasteiger charge is -2.23. The first-order valence-corrected chi connectivity index (χ1v) is 14.4. The Kier molecular flexibility index (Phi) is 12.5. The van der Waals surface area contributed by atoms with Gasteiger partial charge in [-0.05, 0) is 82.6 Å². The fourth-order valence-corrected chi connectivity index (χ4v) is 4.92. The number of nitrogens with one attached hydrogen (secondary N) is 4. The van der Waals surface area contributed by atoms with Gasteiger partial charge in [0.25, 0.3) is 5.91 Å². The number of para-hydroxylation sites is 1. The van der Waals surface area contributed by atoms with E-state index in [1.807, 2.05) is 13.8 Å². The maximum atomic E-state index is 13.2. The summed E-state index contributed by atoms with van der Waals surface area (Å²) in [5, 5.41) is 11.4. The number of unbranched alkanes of at least 4 members (excludes halogenated alkanes) is 1. The maximum Gasteiger partial charge on any atom is 0.255 e. The first kappa shape index (κ1) is 30.4. The average Bonchev–Trinajstić information content (AvgIpc) is 3.43. The molecule has 0 spiro atoms. The van der Waals surface area contributed by atoms with Gasteiger partial charge in [-0.3, -0.25) is 19.2 Å². The van der Waals surface area contributed by atoms with E-state index < -0.39 is 18.0 Å². The van der Waals surface area contributed by atoms with Crippen molar-refractivity contribution in [2.24, 2.45) is 5.92 Å². The number of fused-ring (bicyclic) bond motifs is 1. The van der Waals surface area contributed by atoms with Gasteiger partial charge in [0.05, 0.1) is 12.2 Å². The van der Waals surface area contributed by atoms with Crippen LogP contribution in [0.25, 0.3) is 0 Å².